The molecule has 0 bridgehead atoms. The van der Waals surface area contributed by atoms with Crippen molar-refractivity contribution < 1.29 is 28.6 Å². The van der Waals surface area contributed by atoms with Gasteiger partial charge in [-0.05, 0) is 35.4 Å². The van der Waals surface area contributed by atoms with Gasteiger partial charge in [-0.3, -0.25) is 9.69 Å². The summed E-state index contributed by atoms with van der Waals surface area (Å²) in [5.74, 6) is -0.0457. The highest BCUT2D eigenvalue weighted by Crippen LogP contribution is 2.18. The second-order valence-electron chi connectivity index (χ2n) is 6.48. The van der Waals surface area contributed by atoms with Gasteiger partial charge in [0.15, 0.2) is 0 Å². The number of carbonyl (C=O) groups excluding carboxylic acids is 3. The molecule has 152 valence electrons. The van der Waals surface area contributed by atoms with Crippen molar-refractivity contribution in [2.45, 2.75) is 19.1 Å². The summed E-state index contributed by atoms with van der Waals surface area (Å²) in [4.78, 5) is 37.8. The van der Waals surface area contributed by atoms with Crippen LogP contribution in [-0.4, -0.2) is 49.7 Å². The first-order valence-corrected chi connectivity index (χ1v) is 9.03. The molecule has 2 aromatic carbocycles. The predicted molar refractivity (Wildman–Crippen MR) is 103 cm³/mol. The Morgan fingerprint density at radius 2 is 1.90 bits per heavy atom. The third-order valence-electron chi connectivity index (χ3n) is 4.60. The zero-order chi connectivity index (χ0) is 20.8. The maximum atomic E-state index is 12.6. The average Bonchev–Trinajstić information content (AvgIpc) is 3.12. The van der Waals surface area contributed by atoms with Crippen molar-refractivity contribution in [3.05, 3.63) is 65.2 Å². The van der Waals surface area contributed by atoms with Crippen LogP contribution in [0.5, 0.6) is 5.75 Å². The molecule has 29 heavy (non-hydrogen) atoms. The highest BCUT2D eigenvalue weighted by molar-refractivity contribution is 5.90. The summed E-state index contributed by atoms with van der Waals surface area (Å²) in [6.07, 6.45) is -0.571. The lowest BCUT2D eigenvalue weighted by molar-refractivity contribution is -0.125. The van der Waals surface area contributed by atoms with E-state index in [-0.39, 0.29) is 19.1 Å². The van der Waals surface area contributed by atoms with E-state index in [0.717, 1.165) is 11.3 Å². The number of ether oxygens (including phenoxy) is 3. The number of nitrogens with one attached hydrogen (secondary N) is 1. The molecule has 1 heterocycles. The fraction of sp³-hybridized carbons (Fsp3) is 0.286. The molecule has 0 aromatic heterocycles. The summed E-state index contributed by atoms with van der Waals surface area (Å²) in [6, 6.07) is 13.3. The fourth-order valence-corrected chi connectivity index (χ4v) is 3.00. The topological polar surface area (TPSA) is 94.2 Å². The summed E-state index contributed by atoms with van der Waals surface area (Å²) in [5, 5.41) is 2.83. The van der Waals surface area contributed by atoms with E-state index in [1.54, 1.807) is 31.4 Å². The molecule has 3 rings (SSSR count). The molecule has 2 amide bonds. The SMILES string of the molecule is COC(=O)c1cccc(CN2C(=O)OC[C@H]2C(=O)NCc2ccc(OC)cc2)c1. The Morgan fingerprint density at radius 3 is 2.59 bits per heavy atom. The molecular formula is C21H22N2O6. The quantitative estimate of drug-likeness (QED) is 0.718. The Morgan fingerprint density at radius 1 is 1.14 bits per heavy atom. The van der Waals surface area contributed by atoms with Crippen molar-refractivity contribution >= 4 is 18.0 Å². The van der Waals surface area contributed by atoms with Crippen molar-refractivity contribution in [1.29, 1.82) is 0 Å². The molecule has 8 heteroatoms. The number of carbonyl (C=O) groups is 3. The van der Waals surface area contributed by atoms with Gasteiger partial charge in [0.2, 0.25) is 5.91 Å². The molecule has 2 aromatic rings. The van der Waals surface area contributed by atoms with E-state index < -0.39 is 18.1 Å². The van der Waals surface area contributed by atoms with Crippen molar-refractivity contribution in [1.82, 2.24) is 10.2 Å². The highest BCUT2D eigenvalue weighted by Gasteiger charge is 2.37. The Bertz CT molecular complexity index is 896. The lowest BCUT2D eigenvalue weighted by Crippen LogP contribution is -2.45. The van der Waals surface area contributed by atoms with Gasteiger partial charge in [0.05, 0.1) is 26.3 Å². The van der Waals surface area contributed by atoms with Gasteiger partial charge in [-0.2, -0.15) is 0 Å². The summed E-state index contributed by atoms with van der Waals surface area (Å²) < 4.78 is 14.9. The number of nitrogens with zero attached hydrogens (tertiary/aromatic N) is 1. The molecule has 1 fully saturated rings. The number of hydrogen-bond donors (Lipinski definition) is 1. The van der Waals surface area contributed by atoms with Crippen LogP contribution in [0.25, 0.3) is 0 Å². The van der Waals surface area contributed by atoms with Crippen LogP contribution < -0.4 is 10.1 Å². The molecule has 0 unspecified atom stereocenters. The minimum Gasteiger partial charge on any atom is -0.497 e. The number of amides is 2. The van der Waals surface area contributed by atoms with Gasteiger partial charge in [-0.1, -0.05) is 24.3 Å². The first kappa shape index (κ1) is 20.2. The third-order valence-corrected chi connectivity index (χ3v) is 4.60. The number of benzene rings is 2. The van der Waals surface area contributed by atoms with E-state index in [9.17, 15) is 14.4 Å². The smallest absolute Gasteiger partial charge is 0.410 e. The molecular weight excluding hydrogens is 376 g/mol. The first-order chi connectivity index (χ1) is 14.0. The maximum Gasteiger partial charge on any atom is 0.410 e. The van der Waals surface area contributed by atoms with Crippen molar-refractivity contribution in [2.75, 3.05) is 20.8 Å². The molecule has 0 spiro atoms. The van der Waals surface area contributed by atoms with Gasteiger partial charge in [0, 0.05) is 6.54 Å². The second-order valence-corrected chi connectivity index (χ2v) is 6.48. The van der Waals surface area contributed by atoms with Crippen molar-refractivity contribution in [3.8, 4) is 5.75 Å². The molecule has 1 atom stereocenters. The fourth-order valence-electron chi connectivity index (χ4n) is 3.00. The Balaban J connectivity index is 1.64. The van der Waals surface area contributed by atoms with Gasteiger partial charge in [0.1, 0.15) is 18.4 Å². The summed E-state index contributed by atoms with van der Waals surface area (Å²) in [6.45, 7) is 0.438. The Hall–Kier alpha value is -3.55. The van der Waals surface area contributed by atoms with E-state index in [1.807, 2.05) is 24.3 Å². The number of hydrogen-bond acceptors (Lipinski definition) is 6. The van der Waals surface area contributed by atoms with Crippen molar-refractivity contribution in [3.63, 3.8) is 0 Å². The largest absolute Gasteiger partial charge is 0.497 e. The molecule has 8 nitrogen and oxygen atoms in total. The molecule has 1 aliphatic heterocycles. The van der Waals surface area contributed by atoms with Crippen LogP contribution in [0, 0.1) is 0 Å². The molecule has 0 aliphatic carbocycles. The number of cyclic esters (lactones) is 1. The van der Waals surface area contributed by atoms with E-state index in [0.29, 0.717) is 17.7 Å². The third kappa shape index (κ3) is 4.84. The second kappa shape index (κ2) is 9.09. The van der Waals surface area contributed by atoms with Gasteiger partial charge in [0.25, 0.3) is 0 Å². The zero-order valence-corrected chi connectivity index (χ0v) is 16.2. The Labute approximate surface area is 168 Å². The van der Waals surface area contributed by atoms with Crippen LogP contribution in [0.1, 0.15) is 21.5 Å². The van der Waals surface area contributed by atoms with Gasteiger partial charge >= 0.3 is 12.1 Å². The van der Waals surface area contributed by atoms with Gasteiger partial charge in [-0.15, -0.1) is 0 Å². The lowest BCUT2D eigenvalue weighted by atomic mass is 10.1. The van der Waals surface area contributed by atoms with Crippen LogP contribution in [0.3, 0.4) is 0 Å². The van der Waals surface area contributed by atoms with Crippen LogP contribution in [0.15, 0.2) is 48.5 Å². The summed E-state index contributed by atoms with van der Waals surface area (Å²) in [7, 11) is 2.89. The molecule has 0 saturated carbocycles. The normalized spacial score (nSPS) is 15.6. The zero-order valence-electron chi connectivity index (χ0n) is 16.2. The van der Waals surface area contributed by atoms with E-state index >= 15 is 0 Å². The minimum atomic E-state index is -0.748. The number of esters is 1. The summed E-state index contributed by atoms with van der Waals surface area (Å²) >= 11 is 0. The van der Waals surface area contributed by atoms with Crippen LogP contribution >= 0.6 is 0 Å². The minimum absolute atomic E-state index is 0.0238. The lowest BCUT2D eigenvalue weighted by Gasteiger charge is -2.21. The Kier molecular flexibility index (Phi) is 6.33. The molecule has 1 aliphatic rings. The monoisotopic (exact) mass is 398 g/mol. The summed E-state index contributed by atoms with van der Waals surface area (Å²) in [5.41, 5.74) is 1.97. The standard InChI is InChI=1S/C21H22N2O6/c1-27-17-8-6-14(7-9-17)11-22-19(24)18-13-29-21(26)23(18)12-15-4-3-5-16(10-15)20(25)28-2/h3-10,18H,11-13H2,1-2H3,(H,22,24)/t18-/m0/s1. The number of rotatable bonds is 7. The van der Waals surface area contributed by atoms with Gasteiger partial charge < -0.3 is 19.5 Å². The maximum absolute atomic E-state index is 12.6. The van der Waals surface area contributed by atoms with Crippen LogP contribution in [0.2, 0.25) is 0 Å². The predicted octanol–water partition coefficient (Wildman–Crippen LogP) is 2.12. The van der Waals surface area contributed by atoms with Crippen LogP contribution in [0.4, 0.5) is 4.79 Å². The molecule has 1 saturated heterocycles. The average molecular weight is 398 g/mol. The van der Waals surface area contributed by atoms with Gasteiger partial charge in [-0.25, -0.2) is 9.59 Å². The number of methoxy groups -OCH3 is 2. The van der Waals surface area contributed by atoms with E-state index in [1.165, 1.54) is 12.0 Å². The first-order valence-electron chi connectivity index (χ1n) is 9.03. The molecule has 0 radical (unpaired) electrons. The van der Waals surface area contributed by atoms with E-state index in [2.05, 4.69) is 5.32 Å². The molecule has 1 N–H and O–H groups in total. The highest BCUT2D eigenvalue weighted by atomic mass is 16.6. The van der Waals surface area contributed by atoms with Crippen LogP contribution in [-0.2, 0) is 27.4 Å². The van der Waals surface area contributed by atoms with Crippen molar-refractivity contribution in [2.24, 2.45) is 0 Å². The van der Waals surface area contributed by atoms with E-state index in [4.69, 9.17) is 14.2 Å².